The van der Waals surface area contributed by atoms with E-state index in [0.29, 0.717) is 6.73 Å². The number of rotatable bonds is 1. The zero-order valence-corrected chi connectivity index (χ0v) is 15.7. The minimum absolute atomic E-state index is 0.0497. The van der Waals surface area contributed by atoms with Crippen molar-refractivity contribution < 1.29 is 9.31 Å². The molecule has 0 saturated heterocycles. The minimum Gasteiger partial charge on any atom is -0.429 e. The molecule has 1 aliphatic rings. The molecule has 1 aliphatic heterocycles. The second-order valence-corrected chi connectivity index (χ2v) is 8.66. The van der Waals surface area contributed by atoms with Crippen LogP contribution < -0.4 is 4.74 Å². The highest BCUT2D eigenvalue weighted by atomic mass is 16.5. The second kappa shape index (κ2) is 5.77. The summed E-state index contributed by atoms with van der Waals surface area (Å²) in [7, 11) is 0. The van der Waals surface area contributed by atoms with Gasteiger partial charge in [-0.3, -0.25) is 0 Å². The third-order valence-electron chi connectivity index (χ3n) is 4.51. The van der Waals surface area contributed by atoms with Gasteiger partial charge < -0.3 is 4.74 Å². The Kier molecular flexibility index (Phi) is 4.03. The molecule has 0 spiro atoms. The van der Waals surface area contributed by atoms with E-state index >= 15 is 0 Å². The molecule has 126 valence electrons. The molecule has 0 atom stereocenters. The predicted octanol–water partition coefficient (Wildman–Crippen LogP) is 5.39. The Morgan fingerprint density at radius 3 is 2.17 bits per heavy atom. The van der Waals surface area contributed by atoms with E-state index in [2.05, 4.69) is 88.7 Å². The first-order chi connectivity index (χ1) is 11.2. The molecule has 2 nitrogen and oxygen atoms in total. The van der Waals surface area contributed by atoms with Crippen LogP contribution in [0.25, 0.3) is 0 Å². The van der Waals surface area contributed by atoms with Gasteiger partial charge in [0.1, 0.15) is 0 Å². The van der Waals surface area contributed by atoms with Crippen LogP contribution in [0.2, 0.25) is 0 Å². The molecule has 0 radical (unpaired) electrons. The lowest BCUT2D eigenvalue weighted by Crippen LogP contribution is -2.17. The van der Waals surface area contributed by atoms with Crippen molar-refractivity contribution in [3.05, 3.63) is 59.2 Å². The van der Waals surface area contributed by atoms with Gasteiger partial charge >= 0.3 is 0 Å². The Morgan fingerprint density at radius 2 is 1.58 bits per heavy atom. The summed E-state index contributed by atoms with van der Waals surface area (Å²) in [6.07, 6.45) is 2.17. The quantitative estimate of drug-likeness (QED) is 0.641. The van der Waals surface area contributed by atoms with Crippen LogP contribution in [0.1, 0.15) is 58.2 Å². The SMILES string of the molecule is CC(C)(C)c1cc2c(c(C(C)(C)C)c1)OC/[N+]2=C\c1ccccc1. The average Bonchev–Trinajstić information content (AvgIpc) is 2.88. The van der Waals surface area contributed by atoms with Crippen molar-refractivity contribution in [2.45, 2.75) is 52.4 Å². The van der Waals surface area contributed by atoms with Crippen molar-refractivity contribution in [2.24, 2.45) is 0 Å². The maximum Gasteiger partial charge on any atom is 0.293 e. The van der Waals surface area contributed by atoms with E-state index in [-0.39, 0.29) is 10.8 Å². The van der Waals surface area contributed by atoms with Crippen LogP contribution in [-0.4, -0.2) is 17.5 Å². The van der Waals surface area contributed by atoms with E-state index in [0.717, 1.165) is 5.75 Å². The number of hydrogen-bond acceptors (Lipinski definition) is 1. The number of fused-ring (bicyclic) bond motifs is 1. The van der Waals surface area contributed by atoms with E-state index in [4.69, 9.17) is 4.74 Å². The molecule has 0 amide bonds. The first-order valence-electron chi connectivity index (χ1n) is 8.64. The van der Waals surface area contributed by atoms with Crippen LogP contribution in [0.15, 0.2) is 42.5 Å². The van der Waals surface area contributed by atoms with E-state index < -0.39 is 0 Å². The Bertz CT molecular complexity index is 774. The number of hydrogen-bond donors (Lipinski definition) is 0. The highest BCUT2D eigenvalue weighted by Crippen LogP contribution is 2.44. The van der Waals surface area contributed by atoms with Crippen LogP contribution in [-0.2, 0) is 10.8 Å². The fourth-order valence-electron chi connectivity index (χ4n) is 3.00. The molecule has 0 bridgehead atoms. The fraction of sp³-hybridized carbons (Fsp3) is 0.409. The van der Waals surface area contributed by atoms with Gasteiger partial charge in [0.15, 0.2) is 6.21 Å². The molecule has 2 aromatic rings. The van der Waals surface area contributed by atoms with Crippen LogP contribution in [0.5, 0.6) is 5.75 Å². The number of nitrogens with zero attached hydrogens (tertiary/aromatic N) is 1. The molecule has 0 N–H and O–H groups in total. The van der Waals surface area contributed by atoms with E-state index in [1.54, 1.807) is 0 Å². The van der Waals surface area contributed by atoms with Crippen molar-refractivity contribution in [1.29, 1.82) is 0 Å². The Morgan fingerprint density at radius 1 is 0.917 bits per heavy atom. The standard InChI is InChI=1S/C22H28NO/c1-21(2,3)17-12-18(22(4,5)6)20-19(13-17)23(15-24-20)14-16-10-8-7-9-11-16/h7-14H,15H2,1-6H3/q+1/b23-14+. The third-order valence-corrected chi connectivity index (χ3v) is 4.51. The summed E-state index contributed by atoms with van der Waals surface area (Å²) in [5.74, 6) is 1.03. The Labute approximate surface area is 145 Å². The van der Waals surface area contributed by atoms with Crippen molar-refractivity contribution in [3.63, 3.8) is 0 Å². The maximum absolute atomic E-state index is 6.10. The normalized spacial score (nSPS) is 16.2. The Hall–Kier alpha value is -2.09. The molecular weight excluding hydrogens is 294 g/mol. The molecular formula is C22H28NO+. The summed E-state index contributed by atoms with van der Waals surface area (Å²) in [4.78, 5) is 0. The summed E-state index contributed by atoms with van der Waals surface area (Å²) in [6.45, 7) is 14.1. The largest absolute Gasteiger partial charge is 0.429 e. The molecule has 3 rings (SSSR count). The van der Waals surface area contributed by atoms with Gasteiger partial charge in [0.2, 0.25) is 5.75 Å². The first kappa shape index (κ1) is 16.8. The van der Waals surface area contributed by atoms with Crippen LogP contribution >= 0.6 is 0 Å². The monoisotopic (exact) mass is 322 g/mol. The highest BCUT2D eigenvalue weighted by molar-refractivity contribution is 5.77. The molecule has 0 aliphatic carbocycles. The first-order valence-corrected chi connectivity index (χ1v) is 8.64. The summed E-state index contributed by atoms with van der Waals surface area (Å²) in [5.41, 5.74) is 5.16. The smallest absolute Gasteiger partial charge is 0.293 e. The molecule has 2 heteroatoms. The summed E-state index contributed by atoms with van der Waals surface area (Å²) in [5, 5.41) is 0. The van der Waals surface area contributed by atoms with Gasteiger partial charge in [-0.15, -0.1) is 0 Å². The van der Waals surface area contributed by atoms with E-state index in [9.17, 15) is 0 Å². The lowest BCUT2D eigenvalue weighted by molar-refractivity contribution is -0.452. The molecule has 0 saturated carbocycles. The van der Waals surface area contributed by atoms with Crippen molar-refractivity contribution in [2.75, 3.05) is 6.73 Å². The van der Waals surface area contributed by atoms with Crippen LogP contribution in [0.4, 0.5) is 5.69 Å². The number of benzene rings is 2. The molecule has 0 fully saturated rings. The highest BCUT2D eigenvalue weighted by Gasteiger charge is 2.34. The van der Waals surface area contributed by atoms with Gasteiger partial charge in [-0.05, 0) is 28.5 Å². The fourth-order valence-corrected chi connectivity index (χ4v) is 3.00. The van der Waals surface area contributed by atoms with Gasteiger partial charge in [-0.25, -0.2) is 0 Å². The van der Waals surface area contributed by atoms with Gasteiger partial charge in [-0.2, -0.15) is 4.58 Å². The molecule has 1 heterocycles. The summed E-state index contributed by atoms with van der Waals surface area (Å²) in [6, 6.07) is 15.0. The van der Waals surface area contributed by atoms with Gasteiger partial charge in [0.05, 0.1) is 0 Å². The summed E-state index contributed by atoms with van der Waals surface area (Å²) < 4.78 is 8.32. The zero-order chi connectivity index (χ0) is 17.5. The van der Waals surface area contributed by atoms with Crippen molar-refractivity contribution in [3.8, 4) is 5.75 Å². The van der Waals surface area contributed by atoms with E-state index in [1.807, 2.05) is 6.07 Å². The third kappa shape index (κ3) is 3.24. The van der Waals surface area contributed by atoms with Crippen molar-refractivity contribution in [1.82, 2.24) is 0 Å². The maximum atomic E-state index is 6.10. The summed E-state index contributed by atoms with van der Waals surface area (Å²) >= 11 is 0. The zero-order valence-electron chi connectivity index (χ0n) is 15.7. The Balaban J connectivity index is 2.18. The molecule has 24 heavy (non-hydrogen) atoms. The topological polar surface area (TPSA) is 12.2 Å². The van der Waals surface area contributed by atoms with Crippen LogP contribution in [0, 0.1) is 0 Å². The molecule has 2 aromatic carbocycles. The molecule has 0 aromatic heterocycles. The minimum atomic E-state index is 0.0497. The van der Waals surface area contributed by atoms with Gasteiger partial charge in [0.25, 0.3) is 12.4 Å². The number of ether oxygens (including phenoxy) is 1. The van der Waals surface area contributed by atoms with Gasteiger partial charge in [-0.1, -0.05) is 65.8 Å². The van der Waals surface area contributed by atoms with E-state index in [1.165, 1.54) is 22.4 Å². The second-order valence-electron chi connectivity index (χ2n) is 8.66. The average molecular weight is 322 g/mol. The van der Waals surface area contributed by atoms with Crippen LogP contribution in [0.3, 0.4) is 0 Å². The van der Waals surface area contributed by atoms with Gasteiger partial charge in [0, 0.05) is 17.2 Å². The predicted molar refractivity (Wildman–Crippen MR) is 101 cm³/mol. The van der Waals surface area contributed by atoms with Crippen molar-refractivity contribution >= 4 is 11.9 Å². The lowest BCUT2D eigenvalue weighted by atomic mass is 9.80. The lowest BCUT2D eigenvalue weighted by Gasteiger charge is -2.25. The molecule has 0 unspecified atom stereocenters.